The highest BCUT2D eigenvalue weighted by Crippen LogP contribution is 2.09. The molecular formula is C8H16BrNO. The molecule has 1 aliphatic rings. The highest BCUT2D eigenvalue weighted by molar-refractivity contribution is 9.09. The number of alkyl halides is 1. The molecule has 1 unspecified atom stereocenters. The smallest absolute Gasteiger partial charge is 0.0679 e. The van der Waals surface area contributed by atoms with Crippen LogP contribution in [0.3, 0.4) is 0 Å². The lowest BCUT2D eigenvalue weighted by atomic mass is 10.3. The fourth-order valence-corrected chi connectivity index (χ4v) is 1.84. The van der Waals surface area contributed by atoms with Gasteiger partial charge in [-0.15, -0.1) is 0 Å². The predicted octanol–water partition coefficient (Wildman–Crippen LogP) is 1.23. The van der Waals surface area contributed by atoms with E-state index in [0.29, 0.717) is 0 Å². The number of unbranched alkanes of at least 4 members (excludes halogenated alkanes) is 1. The largest absolute Gasteiger partial charge is 0.392 e. The molecule has 2 nitrogen and oxygen atoms in total. The van der Waals surface area contributed by atoms with Gasteiger partial charge in [0.25, 0.3) is 0 Å². The van der Waals surface area contributed by atoms with Gasteiger partial charge in [0, 0.05) is 18.4 Å². The van der Waals surface area contributed by atoms with Gasteiger partial charge in [-0.05, 0) is 25.8 Å². The van der Waals surface area contributed by atoms with Crippen molar-refractivity contribution >= 4 is 15.9 Å². The number of halogens is 1. The van der Waals surface area contributed by atoms with E-state index in [0.717, 1.165) is 31.4 Å². The molecular weight excluding hydrogens is 206 g/mol. The quantitative estimate of drug-likeness (QED) is 0.571. The van der Waals surface area contributed by atoms with E-state index >= 15 is 0 Å². The van der Waals surface area contributed by atoms with Crippen molar-refractivity contribution in [3.05, 3.63) is 0 Å². The first-order chi connectivity index (χ1) is 5.33. The number of hydrogen-bond acceptors (Lipinski definition) is 2. The molecule has 1 atom stereocenters. The maximum atomic E-state index is 9.21. The molecule has 3 heteroatoms. The summed E-state index contributed by atoms with van der Waals surface area (Å²) in [4.78, 5) is 2.34. The number of hydrogen-bond donors (Lipinski definition) is 1. The van der Waals surface area contributed by atoms with E-state index in [1.165, 1.54) is 12.8 Å². The van der Waals surface area contributed by atoms with Crippen LogP contribution in [0, 0.1) is 0 Å². The lowest BCUT2D eigenvalue weighted by Crippen LogP contribution is -2.23. The molecule has 1 fully saturated rings. The second-order valence-corrected chi connectivity index (χ2v) is 3.93. The number of rotatable bonds is 4. The molecule has 0 aromatic heterocycles. The van der Waals surface area contributed by atoms with Gasteiger partial charge in [-0.25, -0.2) is 0 Å². The third-order valence-electron chi connectivity index (χ3n) is 2.11. The minimum Gasteiger partial charge on any atom is -0.392 e. The molecule has 0 aromatic carbocycles. The van der Waals surface area contributed by atoms with Gasteiger partial charge >= 0.3 is 0 Å². The average molecular weight is 222 g/mol. The van der Waals surface area contributed by atoms with Gasteiger partial charge < -0.3 is 10.0 Å². The Kier molecular flexibility index (Phi) is 4.41. The summed E-state index contributed by atoms with van der Waals surface area (Å²) in [6.45, 7) is 3.13. The van der Waals surface area contributed by atoms with Crippen LogP contribution in [-0.2, 0) is 0 Å². The summed E-state index contributed by atoms with van der Waals surface area (Å²) < 4.78 is 0. The molecule has 0 amide bonds. The first kappa shape index (κ1) is 9.49. The van der Waals surface area contributed by atoms with Gasteiger partial charge in [0.2, 0.25) is 0 Å². The molecule has 11 heavy (non-hydrogen) atoms. The van der Waals surface area contributed by atoms with Crippen LogP contribution in [0.1, 0.15) is 19.3 Å². The van der Waals surface area contributed by atoms with E-state index in [1.54, 1.807) is 0 Å². The van der Waals surface area contributed by atoms with Gasteiger partial charge in [-0.2, -0.15) is 0 Å². The molecule has 0 radical (unpaired) electrons. The molecule has 1 aliphatic heterocycles. The standard InChI is InChI=1S/C8H16BrNO/c9-4-1-2-5-10-6-3-8(11)7-10/h8,11H,1-7H2. The van der Waals surface area contributed by atoms with Gasteiger partial charge in [0.05, 0.1) is 6.10 Å². The number of β-amino-alcohol motifs (C(OH)–C–C–N with tert-alkyl or cyclic N) is 1. The summed E-state index contributed by atoms with van der Waals surface area (Å²) in [5, 5.41) is 10.3. The summed E-state index contributed by atoms with van der Waals surface area (Å²) in [7, 11) is 0. The van der Waals surface area contributed by atoms with Crippen molar-refractivity contribution in [1.29, 1.82) is 0 Å². The van der Waals surface area contributed by atoms with E-state index in [9.17, 15) is 5.11 Å². The number of likely N-dealkylation sites (tertiary alicyclic amines) is 1. The third kappa shape index (κ3) is 3.54. The molecule has 1 N–H and O–H groups in total. The molecule has 1 rings (SSSR count). The first-order valence-corrected chi connectivity index (χ1v) is 5.41. The Morgan fingerprint density at radius 1 is 1.45 bits per heavy atom. The fourth-order valence-electron chi connectivity index (χ4n) is 1.45. The Hall–Kier alpha value is 0.400. The molecule has 0 saturated carbocycles. The molecule has 0 aliphatic carbocycles. The molecule has 0 bridgehead atoms. The van der Waals surface area contributed by atoms with Crippen LogP contribution in [0.25, 0.3) is 0 Å². The summed E-state index contributed by atoms with van der Waals surface area (Å²) in [6, 6.07) is 0. The maximum absolute atomic E-state index is 9.21. The summed E-state index contributed by atoms with van der Waals surface area (Å²) in [5.74, 6) is 0. The van der Waals surface area contributed by atoms with E-state index < -0.39 is 0 Å². The minimum atomic E-state index is -0.0565. The van der Waals surface area contributed by atoms with E-state index in [1.807, 2.05) is 0 Å². The zero-order chi connectivity index (χ0) is 8.10. The van der Waals surface area contributed by atoms with Crippen molar-refractivity contribution in [3.63, 3.8) is 0 Å². The fraction of sp³-hybridized carbons (Fsp3) is 1.00. The molecule has 1 saturated heterocycles. The second-order valence-electron chi connectivity index (χ2n) is 3.14. The van der Waals surface area contributed by atoms with Crippen molar-refractivity contribution in [2.24, 2.45) is 0 Å². The summed E-state index contributed by atoms with van der Waals surface area (Å²) in [6.07, 6.45) is 3.40. The van der Waals surface area contributed by atoms with E-state index in [2.05, 4.69) is 20.8 Å². The highest BCUT2D eigenvalue weighted by Gasteiger charge is 2.18. The normalized spacial score (nSPS) is 26.2. The molecule has 66 valence electrons. The predicted molar refractivity (Wildman–Crippen MR) is 50.1 cm³/mol. The Bertz CT molecular complexity index is 110. The first-order valence-electron chi connectivity index (χ1n) is 4.29. The van der Waals surface area contributed by atoms with Gasteiger partial charge in [-0.1, -0.05) is 15.9 Å². The Balaban J connectivity index is 1.99. The van der Waals surface area contributed by atoms with Crippen LogP contribution in [0.15, 0.2) is 0 Å². The van der Waals surface area contributed by atoms with Crippen LogP contribution < -0.4 is 0 Å². The summed E-state index contributed by atoms with van der Waals surface area (Å²) >= 11 is 3.40. The number of aliphatic hydroxyl groups excluding tert-OH is 1. The second kappa shape index (κ2) is 5.12. The topological polar surface area (TPSA) is 23.5 Å². The number of aliphatic hydroxyl groups is 1. The Labute approximate surface area is 76.7 Å². The van der Waals surface area contributed by atoms with Gasteiger partial charge in [-0.3, -0.25) is 0 Å². The van der Waals surface area contributed by atoms with Crippen LogP contribution in [-0.4, -0.2) is 41.1 Å². The maximum Gasteiger partial charge on any atom is 0.0679 e. The lowest BCUT2D eigenvalue weighted by Gasteiger charge is -2.13. The van der Waals surface area contributed by atoms with Crippen LogP contribution in [0.5, 0.6) is 0 Å². The van der Waals surface area contributed by atoms with Crippen LogP contribution in [0.2, 0.25) is 0 Å². The van der Waals surface area contributed by atoms with E-state index in [4.69, 9.17) is 0 Å². The van der Waals surface area contributed by atoms with Gasteiger partial charge in [0.1, 0.15) is 0 Å². The Morgan fingerprint density at radius 2 is 2.27 bits per heavy atom. The minimum absolute atomic E-state index is 0.0565. The molecule has 0 spiro atoms. The van der Waals surface area contributed by atoms with Crippen molar-refractivity contribution in [1.82, 2.24) is 4.90 Å². The monoisotopic (exact) mass is 221 g/mol. The lowest BCUT2D eigenvalue weighted by molar-refractivity contribution is 0.176. The Morgan fingerprint density at radius 3 is 2.82 bits per heavy atom. The van der Waals surface area contributed by atoms with E-state index in [-0.39, 0.29) is 6.10 Å². The van der Waals surface area contributed by atoms with Crippen LogP contribution in [0.4, 0.5) is 0 Å². The highest BCUT2D eigenvalue weighted by atomic mass is 79.9. The average Bonchev–Trinajstić information content (AvgIpc) is 2.37. The zero-order valence-corrected chi connectivity index (χ0v) is 8.39. The van der Waals surface area contributed by atoms with Gasteiger partial charge in [0.15, 0.2) is 0 Å². The van der Waals surface area contributed by atoms with Crippen LogP contribution >= 0.6 is 15.9 Å². The summed E-state index contributed by atoms with van der Waals surface area (Å²) in [5.41, 5.74) is 0. The van der Waals surface area contributed by atoms with Crippen molar-refractivity contribution in [2.75, 3.05) is 25.0 Å². The van der Waals surface area contributed by atoms with Crippen molar-refractivity contribution in [3.8, 4) is 0 Å². The number of nitrogens with zero attached hydrogens (tertiary/aromatic N) is 1. The van der Waals surface area contributed by atoms with Crippen molar-refractivity contribution in [2.45, 2.75) is 25.4 Å². The zero-order valence-electron chi connectivity index (χ0n) is 6.80. The SMILES string of the molecule is OC1CCN(CCCCBr)C1. The molecule has 0 aromatic rings. The molecule has 1 heterocycles. The van der Waals surface area contributed by atoms with Crippen molar-refractivity contribution < 1.29 is 5.11 Å². The third-order valence-corrected chi connectivity index (χ3v) is 2.67.